The number of para-hydroxylation sites is 1. The molecule has 1 unspecified atom stereocenters. The minimum absolute atomic E-state index is 0.0931. The summed E-state index contributed by atoms with van der Waals surface area (Å²) in [5.74, 6) is 0.714. The smallest absolute Gasteiger partial charge is 0.0412 e. The molecule has 0 spiro atoms. The third-order valence-electron chi connectivity index (χ3n) is 3.12. The van der Waals surface area contributed by atoms with Gasteiger partial charge in [0, 0.05) is 25.3 Å². The van der Waals surface area contributed by atoms with Crippen LogP contribution in [0.2, 0.25) is 0 Å². The second-order valence-electron chi connectivity index (χ2n) is 4.74. The SMILES string of the molecule is CCC(C)CN(C)c1ccccc1[C@@H](C)N. The molecule has 0 amide bonds. The molecule has 0 radical (unpaired) electrons. The van der Waals surface area contributed by atoms with Crippen molar-refractivity contribution in [3.63, 3.8) is 0 Å². The number of nitrogens with zero attached hydrogens (tertiary/aromatic N) is 1. The number of benzene rings is 1. The van der Waals surface area contributed by atoms with Gasteiger partial charge in [0.1, 0.15) is 0 Å². The molecule has 1 aromatic carbocycles. The molecule has 2 N–H and O–H groups in total. The molecule has 1 rings (SSSR count). The van der Waals surface area contributed by atoms with Crippen molar-refractivity contribution in [2.75, 3.05) is 18.5 Å². The van der Waals surface area contributed by atoms with Crippen molar-refractivity contribution >= 4 is 5.69 Å². The molecular weight excluding hydrogens is 196 g/mol. The Morgan fingerprint density at radius 3 is 2.44 bits per heavy atom. The number of nitrogens with two attached hydrogens (primary N) is 1. The van der Waals surface area contributed by atoms with E-state index < -0.39 is 0 Å². The molecular formula is C14H24N2. The van der Waals surface area contributed by atoms with Crippen LogP contribution >= 0.6 is 0 Å². The summed E-state index contributed by atoms with van der Waals surface area (Å²) < 4.78 is 0. The highest BCUT2D eigenvalue weighted by Crippen LogP contribution is 2.24. The van der Waals surface area contributed by atoms with Crippen LogP contribution in [0.1, 0.15) is 38.8 Å². The largest absolute Gasteiger partial charge is 0.374 e. The molecule has 0 heterocycles. The van der Waals surface area contributed by atoms with Crippen LogP contribution in [0.5, 0.6) is 0 Å². The topological polar surface area (TPSA) is 29.3 Å². The predicted octanol–water partition coefficient (Wildman–Crippen LogP) is 3.19. The van der Waals surface area contributed by atoms with E-state index in [2.05, 4.69) is 50.1 Å². The average molecular weight is 220 g/mol. The molecule has 0 aliphatic rings. The maximum atomic E-state index is 5.99. The Hall–Kier alpha value is -1.02. The average Bonchev–Trinajstić information content (AvgIpc) is 2.28. The Balaban J connectivity index is 2.85. The third kappa shape index (κ3) is 3.24. The zero-order valence-electron chi connectivity index (χ0n) is 10.9. The Morgan fingerprint density at radius 2 is 1.88 bits per heavy atom. The van der Waals surface area contributed by atoms with Gasteiger partial charge < -0.3 is 10.6 Å². The second kappa shape index (κ2) is 5.90. The molecule has 0 aromatic heterocycles. The van der Waals surface area contributed by atoms with Crippen molar-refractivity contribution in [2.45, 2.75) is 33.2 Å². The summed E-state index contributed by atoms with van der Waals surface area (Å²) in [6.45, 7) is 7.64. The van der Waals surface area contributed by atoms with E-state index in [4.69, 9.17) is 5.73 Å². The van der Waals surface area contributed by atoms with Crippen LogP contribution in [-0.4, -0.2) is 13.6 Å². The van der Waals surface area contributed by atoms with Crippen LogP contribution in [-0.2, 0) is 0 Å². The predicted molar refractivity (Wildman–Crippen MR) is 71.8 cm³/mol. The van der Waals surface area contributed by atoms with E-state index >= 15 is 0 Å². The lowest BCUT2D eigenvalue weighted by Gasteiger charge is -2.26. The Morgan fingerprint density at radius 1 is 1.25 bits per heavy atom. The van der Waals surface area contributed by atoms with E-state index in [0.29, 0.717) is 5.92 Å². The van der Waals surface area contributed by atoms with E-state index in [-0.39, 0.29) is 6.04 Å². The van der Waals surface area contributed by atoms with Crippen molar-refractivity contribution < 1.29 is 0 Å². The Bertz CT molecular complexity index is 320. The first-order chi connectivity index (χ1) is 7.56. The van der Waals surface area contributed by atoms with Crippen molar-refractivity contribution in [3.8, 4) is 0 Å². The van der Waals surface area contributed by atoms with Crippen molar-refractivity contribution in [2.24, 2.45) is 11.7 Å². The van der Waals surface area contributed by atoms with Gasteiger partial charge in [-0.25, -0.2) is 0 Å². The zero-order chi connectivity index (χ0) is 12.1. The van der Waals surface area contributed by atoms with Crippen LogP contribution in [0.25, 0.3) is 0 Å². The lowest BCUT2D eigenvalue weighted by Crippen LogP contribution is -2.25. The molecule has 0 fully saturated rings. The van der Waals surface area contributed by atoms with Crippen LogP contribution in [0.3, 0.4) is 0 Å². The van der Waals surface area contributed by atoms with E-state index in [1.54, 1.807) is 0 Å². The maximum absolute atomic E-state index is 5.99. The molecule has 0 saturated carbocycles. The van der Waals surface area contributed by atoms with Crippen LogP contribution in [0.15, 0.2) is 24.3 Å². The summed E-state index contributed by atoms with van der Waals surface area (Å²) in [5.41, 5.74) is 8.48. The molecule has 0 aliphatic heterocycles. The minimum Gasteiger partial charge on any atom is -0.374 e. The number of hydrogen-bond acceptors (Lipinski definition) is 2. The van der Waals surface area contributed by atoms with Crippen LogP contribution in [0, 0.1) is 5.92 Å². The summed E-state index contributed by atoms with van der Waals surface area (Å²) in [5, 5.41) is 0. The van der Waals surface area contributed by atoms with Gasteiger partial charge in [0.25, 0.3) is 0 Å². The summed E-state index contributed by atoms with van der Waals surface area (Å²) in [6.07, 6.45) is 1.21. The number of anilines is 1. The molecule has 0 aliphatic carbocycles. The van der Waals surface area contributed by atoms with Gasteiger partial charge in [-0.2, -0.15) is 0 Å². The van der Waals surface area contributed by atoms with Gasteiger partial charge in [-0.15, -0.1) is 0 Å². The molecule has 16 heavy (non-hydrogen) atoms. The number of rotatable bonds is 5. The molecule has 0 bridgehead atoms. The molecule has 2 atom stereocenters. The quantitative estimate of drug-likeness (QED) is 0.825. The van der Waals surface area contributed by atoms with Gasteiger partial charge in [-0.3, -0.25) is 0 Å². The minimum atomic E-state index is 0.0931. The third-order valence-corrected chi connectivity index (χ3v) is 3.12. The molecule has 1 aromatic rings. The van der Waals surface area contributed by atoms with E-state index in [9.17, 15) is 0 Å². The first kappa shape index (κ1) is 13.0. The maximum Gasteiger partial charge on any atom is 0.0412 e. The first-order valence-corrected chi connectivity index (χ1v) is 6.11. The van der Waals surface area contributed by atoms with Gasteiger partial charge in [0.15, 0.2) is 0 Å². The fourth-order valence-electron chi connectivity index (χ4n) is 1.92. The lowest BCUT2D eigenvalue weighted by molar-refractivity contribution is 0.558. The summed E-state index contributed by atoms with van der Waals surface area (Å²) in [7, 11) is 2.15. The first-order valence-electron chi connectivity index (χ1n) is 6.11. The van der Waals surface area contributed by atoms with E-state index in [0.717, 1.165) is 6.54 Å². The number of hydrogen-bond donors (Lipinski definition) is 1. The summed E-state index contributed by atoms with van der Waals surface area (Å²) in [6, 6.07) is 8.50. The van der Waals surface area contributed by atoms with Gasteiger partial charge >= 0.3 is 0 Å². The standard InChI is InChI=1S/C14H24N2/c1-5-11(2)10-16(4)14-9-7-6-8-13(14)12(3)15/h6-9,11-12H,5,10,15H2,1-4H3/t11?,12-/m1/s1. The fraction of sp³-hybridized carbons (Fsp3) is 0.571. The summed E-state index contributed by atoms with van der Waals surface area (Å²) >= 11 is 0. The van der Waals surface area contributed by atoms with Gasteiger partial charge in [0.05, 0.1) is 0 Å². The highest BCUT2D eigenvalue weighted by atomic mass is 15.1. The highest BCUT2D eigenvalue weighted by molar-refractivity contribution is 5.54. The van der Waals surface area contributed by atoms with E-state index in [1.165, 1.54) is 17.7 Å². The Labute approximate surface area is 99.5 Å². The second-order valence-corrected chi connectivity index (χ2v) is 4.74. The van der Waals surface area contributed by atoms with Crippen molar-refractivity contribution in [1.82, 2.24) is 0 Å². The van der Waals surface area contributed by atoms with Gasteiger partial charge in [-0.1, -0.05) is 38.5 Å². The molecule has 2 nitrogen and oxygen atoms in total. The highest BCUT2D eigenvalue weighted by Gasteiger charge is 2.11. The van der Waals surface area contributed by atoms with Crippen LogP contribution in [0.4, 0.5) is 5.69 Å². The van der Waals surface area contributed by atoms with Crippen molar-refractivity contribution in [3.05, 3.63) is 29.8 Å². The summed E-state index contributed by atoms with van der Waals surface area (Å²) in [4.78, 5) is 2.31. The van der Waals surface area contributed by atoms with Gasteiger partial charge in [-0.05, 0) is 24.5 Å². The van der Waals surface area contributed by atoms with Gasteiger partial charge in [0.2, 0.25) is 0 Å². The Kier molecular flexibility index (Phi) is 4.81. The van der Waals surface area contributed by atoms with Crippen molar-refractivity contribution in [1.29, 1.82) is 0 Å². The molecule has 2 heteroatoms. The normalized spacial score (nSPS) is 14.6. The lowest BCUT2D eigenvalue weighted by atomic mass is 10.0. The molecule has 0 saturated heterocycles. The monoisotopic (exact) mass is 220 g/mol. The fourth-order valence-corrected chi connectivity index (χ4v) is 1.92. The van der Waals surface area contributed by atoms with E-state index in [1.807, 2.05) is 6.92 Å². The van der Waals surface area contributed by atoms with Crippen LogP contribution < -0.4 is 10.6 Å². The zero-order valence-corrected chi connectivity index (χ0v) is 10.9. The molecule has 90 valence electrons.